The molecule has 0 spiro atoms. The topological polar surface area (TPSA) is 61.4 Å². The molecule has 23 heavy (non-hydrogen) atoms. The summed E-state index contributed by atoms with van der Waals surface area (Å²) in [5, 5.41) is 16.5. The molecule has 4 heteroatoms. The average Bonchev–Trinajstić information content (AvgIpc) is 2.58. The molecule has 3 rings (SSSR count). The third-order valence-corrected chi connectivity index (χ3v) is 5.20. The molecule has 0 bridgehead atoms. The van der Waals surface area contributed by atoms with E-state index >= 15 is 0 Å². The lowest BCUT2D eigenvalue weighted by Gasteiger charge is -2.28. The van der Waals surface area contributed by atoms with Gasteiger partial charge in [0.1, 0.15) is 0 Å². The molecule has 1 aromatic carbocycles. The van der Waals surface area contributed by atoms with Crippen LogP contribution in [0.5, 0.6) is 0 Å². The van der Waals surface area contributed by atoms with E-state index in [9.17, 15) is 9.90 Å². The number of carboxylic acids is 1. The number of aromatic carboxylic acids is 1. The minimum Gasteiger partial charge on any atom is -0.478 e. The molecule has 0 radical (unpaired) electrons. The third kappa shape index (κ3) is 4.40. The maximum Gasteiger partial charge on any atom is 0.335 e. The van der Waals surface area contributed by atoms with Crippen LogP contribution < -0.4 is 10.6 Å². The summed E-state index contributed by atoms with van der Waals surface area (Å²) in [5.74, 6) is -0.860. The van der Waals surface area contributed by atoms with E-state index in [0.29, 0.717) is 17.6 Å². The van der Waals surface area contributed by atoms with E-state index in [1.165, 1.54) is 64.2 Å². The lowest BCUT2D eigenvalue weighted by molar-refractivity contribution is 0.0697. The van der Waals surface area contributed by atoms with Gasteiger partial charge in [-0.15, -0.1) is 0 Å². The highest BCUT2D eigenvalue weighted by molar-refractivity contribution is 5.90. The molecule has 0 heterocycles. The van der Waals surface area contributed by atoms with Gasteiger partial charge in [-0.05, 0) is 43.9 Å². The number of benzene rings is 1. The molecule has 4 nitrogen and oxygen atoms in total. The molecule has 3 N–H and O–H groups in total. The van der Waals surface area contributed by atoms with Crippen molar-refractivity contribution in [3.63, 3.8) is 0 Å². The van der Waals surface area contributed by atoms with Crippen molar-refractivity contribution in [2.75, 3.05) is 10.6 Å². The van der Waals surface area contributed by atoms with E-state index in [-0.39, 0.29) is 0 Å². The van der Waals surface area contributed by atoms with Crippen LogP contribution in [0, 0.1) is 0 Å². The Bertz CT molecular complexity index is 532. The lowest BCUT2D eigenvalue weighted by Crippen LogP contribution is -2.26. The second-order valence-corrected chi connectivity index (χ2v) is 7.02. The van der Waals surface area contributed by atoms with E-state index < -0.39 is 5.97 Å². The Balaban J connectivity index is 1.76. The van der Waals surface area contributed by atoms with Crippen molar-refractivity contribution >= 4 is 17.3 Å². The molecule has 2 aliphatic carbocycles. The number of carbonyl (C=O) groups is 1. The maximum absolute atomic E-state index is 11.3. The van der Waals surface area contributed by atoms with Gasteiger partial charge >= 0.3 is 5.97 Å². The second-order valence-electron chi connectivity index (χ2n) is 7.02. The Hall–Kier alpha value is -1.71. The summed E-state index contributed by atoms with van der Waals surface area (Å²) >= 11 is 0. The Labute approximate surface area is 138 Å². The normalized spacial score (nSPS) is 20.2. The van der Waals surface area contributed by atoms with E-state index in [4.69, 9.17) is 0 Å². The van der Waals surface area contributed by atoms with Crippen LogP contribution in [0.2, 0.25) is 0 Å². The summed E-state index contributed by atoms with van der Waals surface area (Å²) < 4.78 is 0. The molecule has 0 aliphatic heterocycles. The lowest BCUT2D eigenvalue weighted by atomic mass is 9.94. The Kier molecular flexibility index (Phi) is 5.42. The summed E-state index contributed by atoms with van der Waals surface area (Å²) in [6.07, 6.45) is 12.5. The van der Waals surface area contributed by atoms with Gasteiger partial charge in [-0.1, -0.05) is 38.5 Å². The fourth-order valence-electron chi connectivity index (χ4n) is 3.86. The highest BCUT2D eigenvalue weighted by Crippen LogP contribution is 2.30. The molecule has 1 aromatic rings. The van der Waals surface area contributed by atoms with Crippen LogP contribution in [-0.4, -0.2) is 23.2 Å². The molecule has 2 saturated carbocycles. The summed E-state index contributed by atoms with van der Waals surface area (Å²) in [7, 11) is 0. The first-order valence-corrected chi connectivity index (χ1v) is 9.13. The van der Waals surface area contributed by atoms with Crippen molar-refractivity contribution in [1.82, 2.24) is 0 Å². The third-order valence-electron chi connectivity index (χ3n) is 5.20. The number of carboxylic acid groups (broad SMARTS) is 1. The van der Waals surface area contributed by atoms with Crippen molar-refractivity contribution in [1.29, 1.82) is 0 Å². The van der Waals surface area contributed by atoms with E-state index in [1.807, 2.05) is 6.07 Å². The number of hydrogen-bond donors (Lipinski definition) is 3. The maximum atomic E-state index is 11.3. The molecular weight excluding hydrogens is 288 g/mol. The Morgan fingerprint density at radius 1 is 0.826 bits per heavy atom. The van der Waals surface area contributed by atoms with Crippen molar-refractivity contribution in [3.8, 4) is 0 Å². The highest BCUT2D eigenvalue weighted by atomic mass is 16.4. The fraction of sp³-hybridized carbons (Fsp3) is 0.632. The standard InChI is InChI=1S/C19H28N2O2/c22-19(23)14-11-12-17(20-15-7-3-1-4-8-15)18(13-14)21-16-9-5-2-6-10-16/h11-13,15-16,20-21H,1-10H2,(H,22,23). The predicted molar refractivity (Wildman–Crippen MR) is 94.4 cm³/mol. The first-order chi connectivity index (χ1) is 11.2. The molecule has 0 unspecified atom stereocenters. The summed E-state index contributed by atoms with van der Waals surface area (Å²) in [4.78, 5) is 11.3. The first kappa shape index (κ1) is 16.2. The average molecular weight is 316 g/mol. The molecule has 0 aromatic heterocycles. The van der Waals surface area contributed by atoms with Crippen LogP contribution in [0.1, 0.15) is 74.6 Å². The van der Waals surface area contributed by atoms with Crippen molar-refractivity contribution in [3.05, 3.63) is 23.8 Å². The largest absolute Gasteiger partial charge is 0.478 e. The molecule has 0 saturated heterocycles. The van der Waals surface area contributed by atoms with Gasteiger partial charge in [0, 0.05) is 12.1 Å². The highest BCUT2D eigenvalue weighted by Gasteiger charge is 2.18. The van der Waals surface area contributed by atoms with Crippen molar-refractivity contribution in [2.45, 2.75) is 76.3 Å². The molecule has 0 amide bonds. The van der Waals surface area contributed by atoms with Gasteiger partial charge in [-0.3, -0.25) is 0 Å². The van der Waals surface area contributed by atoms with E-state index in [2.05, 4.69) is 10.6 Å². The predicted octanol–water partition coefficient (Wildman–Crippen LogP) is 4.87. The quantitative estimate of drug-likeness (QED) is 0.725. The second kappa shape index (κ2) is 7.71. The number of rotatable bonds is 5. The summed E-state index contributed by atoms with van der Waals surface area (Å²) in [6.45, 7) is 0. The van der Waals surface area contributed by atoms with E-state index in [0.717, 1.165) is 11.4 Å². The summed E-state index contributed by atoms with van der Waals surface area (Å²) in [5.41, 5.74) is 2.38. The zero-order chi connectivity index (χ0) is 16.1. The SMILES string of the molecule is O=C(O)c1ccc(NC2CCCCC2)c(NC2CCCCC2)c1. The van der Waals surface area contributed by atoms with Crippen LogP contribution in [0.4, 0.5) is 11.4 Å². The van der Waals surface area contributed by atoms with Gasteiger partial charge < -0.3 is 15.7 Å². The number of anilines is 2. The molecular formula is C19H28N2O2. The summed E-state index contributed by atoms with van der Waals surface area (Å²) in [6, 6.07) is 6.43. The Morgan fingerprint density at radius 2 is 1.35 bits per heavy atom. The zero-order valence-electron chi connectivity index (χ0n) is 13.8. The molecule has 0 atom stereocenters. The zero-order valence-corrected chi connectivity index (χ0v) is 13.8. The first-order valence-electron chi connectivity index (χ1n) is 9.13. The van der Waals surface area contributed by atoms with Gasteiger partial charge in [-0.2, -0.15) is 0 Å². The monoisotopic (exact) mass is 316 g/mol. The Morgan fingerprint density at radius 3 is 1.87 bits per heavy atom. The number of hydrogen-bond acceptors (Lipinski definition) is 3. The van der Waals surface area contributed by atoms with Gasteiger partial charge in [0.15, 0.2) is 0 Å². The molecule has 2 aliphatic rings. The van der Waals surface area contributed by atoms with Crippen LogP contribution >= 0.6 is 0 Å². The van der Waals surface area contributed by atoms with Gasteiger partial charge in [-0.25, -0.2) is 4.79 Å². The minimum atomic E-state index is -0.860. The van der Waals surface area contributed by atoms with Gasteiger partial charge in [0.05, 0.1) is 16.9 Å². The van der Waals surface area contributed by atoms with Crippen molar-refractivity contribution in [2.24, 2.45) is 0 Å². The van der Waals surface area contributed by atoms with Gasteiger partial charge in [0.25, 0.3) is 0 Å². The molecule has 2 fully saturated rings. The molecule has 126 valence electrons. The van der Waals surface area contributed by atoms with Crippen molar-refractivity contribution < 1.29 is 9.90 Å². The van der Waals surface area contributed by atoms with Gasteiger partial charge in [0.2, 0.25) is 0 Å². The van der Waals surface area contributed by atoms with Crippen LogP contribution in [0.25, 0.3) is 0 Å². The van der Waals surface area contributed by atoms with Crippen LogP contribution in [0.3, 0.4) is 0 Å². The smallest absolute Gasteiger partial charge is 0.335 e. The van der Waals surface area contributed by atoms with E-state index in [1.54, 1.807) is 12.1 Å². The number of nitrogens with one attached hydrogen (secondary N) is 2. The minimum absolute atomic E-state index is 0.359. The van der Waals surface area contributed by atoms with Crippen LogP contribution in [-0.2, 0) is 0 Å². The fourth-order valence-corrected chi connectivity index (χ4v) is 3.86. The van der Waals surface area contributed by atoms with Crippen LogP contribution in [0.15, 0.2) is 18.2 Å².